The summed E-state index contributed by atoms with van der Waals surface area (Å²) in [6.45, 7) is 2.37. The van der Waals surface area contributed by atoms with Crippen LogP contribution in [0.25, 0.3) is 11.3 Å². The molecule has 1 aromatic heterocycles. The van der Waals surface area contributed by atoms with Gasteiger partial charge in [-0.25, -0.2) is 4.98 Å². The maximum absolute atomic E-state index is 13.4. The summed E-state index contributed by atoms with van der Waals surface area (Å²) in [4.78, 5) is 49.9. The number of nitrogens with zero attached hydrogens (tertiary/aromatic N) is 3. The molecular weight excluding hydrogens is 524 g/mol. The molecule has 41 heavy (non-hydrogen) atoms. The van der Waals surface area contributed by atoms with Gasteiger partial charge in [0.15, 0.2) is 0 Å². The van der Waals surface area contributed by atoms with Crippen molar-refractivity contribution in [3.8, 4) is 28.5 Å². The van der Waals surface area contributed by atoms with Crippen LogP contribution in [0.1, 0.15) is 49.7 Å². The molecule has 0 fully saturated rings. The second-order valence-electron chi connectivity index (χ2n) is 9.14. The Bertz CT molecular complexity index is 1550. The highest BCUT2D eigenvalue weighted by Gasteiger charge is 2.40. The molecule has 0 saturated carbocycles. The van der Waals surface area contributed by atoms with Gasteiger partial charge in [-0.05, 0) is 61.0 Å². The number of hydrogen-bond acceptors (Lipinski definition) is 8. The normalized spacial score (nSPS) is 13.0. The van der Waals surface area contributed by atoms with Crippen LogP contribution in [0, 0.1) is 0 Å². The van der Waals surface area contributed by atoms with E-state index in [2.05, 4.69) is 15.3 Å². The van der Waals surface area contributed by atoms with Crippen molar-refractivity contribution in [2.75, 3.05) is 27.4 Å². The number of benzene rings is 3. The highest BCUT2D eigenvalue weighted by atomic mass is 16.5. The third-order valence-electron chi connectivity index (χ3n) is 6.68. The van der Waals surface area contributed by atoms with E-state index in [1.807, 2.05) is 31.2 Å². The van der Waals surface area contributed by atoms with Gasteiger partial charge in [-0.15, -0.1) is 0 Å². The maximum Gasteiger partial charge on any atom is 0.271 e. The van der Waals surface area contributed by atoms with Gasteiger partial charge in [-0.1, -0.05) is 12.1 Å². The van der Waals surface area contributed by atoms with Gasteiger partial charge >= 0.3 is 0 Å². The molecule has 2 heterocycles. The largest absolute Gasteiger partial charge is 0.497 e. The number of carbonyl (C=O) groups excluding carboxylic acids is 3. The van der Waals surface area contributed by atoms with E-state index in [-0.39, 0.29) is 12.2 Å². The number of hydrogen-bond donors (Lipinski definition) is 1. The number of methoxy groups -OCH3 is 2. The van der Waals surface area contributed by atoms with Crippen LogP contribution >= 0.6 is 0 Å². The molecule has 10 nitrogen and oxygen atoms in total. The van der Waals surface area contributed by atoms with E-state index in [4.69, 9.17) is 14.2 Å². The van der Waals surface area contributed by atoms with Crippen molar-refractivity contribution >= 4 is 17.7 Å². The van der Waals surface area contributed by atoms with Crippen LogP contribution in [0.5, 0.6) is 17.2 Å². The van der Waals surface area contributed by atoms with Gasteiger partial charge in [0.25, 0.3) is 17.7 Å². The first-order chi connectivity index (χ1) is 19.9. The van der Waals surface area contributed by atoms with E-state index in [9.17, 15) is 14.4 Å². The molecule has 0 radical (unpaired) electrons. The minimum absolute atomic E-state index is 0.0840. The Morgan fingerprint density at radius 2 is 1.51 bits per heavy atom. The first-order valence-corrected chi connectivity index (χ1v) is 13.0. The standard InChI is InChI=1S/C31H28N4O6/c1-4-41-21-11-9-19(10-12-21)26-16-32-17-27(34-26)29(36)33-18-28(20-13-22(39-2)15-23(14-20)40-3)35-30(37)24-7-5-6-8-25(24)31(35)38/h5-17,28H,4,18H2,1-3H3,(H,33,36). The number of rotatable bonds is 10. The molecule has 1 aliphatic rings. The van der Waals surface area contributed by atoms with E-state index >= 15 is 0 Å². The molecule has 0 bridgehead atoms. The van der Waals surface area contributed by atoms with E-state index in [1.54, 1.807) is 48.7 Å². The second kappa shape index (κ2) is 11.9. The number of nitrogens with one attached hydrogen (secondary N) is 1. The summed E-state index contributed by atoms with van der Waals surface area (Å²) in [6.07, 6.45) is 2.93. The van der Waals surface area contributed by atoms with E-state index < -0.39 is 23.8 Å². The monoisotopic (exact) mass is 552 g/mol. The third-order valence-corrected chi connectivity index (χ3v) is 6.68. The zero-order valence-corrected chi connectivity index (χ0v) is 22.8. The smallest absolute Gasteiger partial charge is 0.271 e. The fourth-order valence-corrected chi connectivity index (χ4v) is 4.65. The highest BCUT2D eigenvalue weighted by Crippen LogP contribution is 2.34. The van der Waals surface area contributed by atoms with Crippen LogP contribution in [-0.2, 0) is 0 Å². The highest BCUT2D eigenvalue weighted by molar-refractivity contribution is 6.21. The van der Waals surface area contributed by atoms with Crippen molar-refractivity contribution in [1.82, 2.24) is 20.2 Å². The van der Waals surface area contributed by atoms with Crippen molar-refractivity contribution in [3.05, 3.63) is 102 Å². The van der Waals surface area contributed by atoms with Crippen LogP contribution in [-0.4, -0.2) is 60.0 Å². The molecule has 1 N–H and O–H groups in total. The lowest BCUT2D eigenvalue weighted by Gasteiger charge is -2.27. The number of aromatic nitrogens is 2. The van der Waals surface area contributed by atoms with Crippen LogP contribution in [0.2, 0.25) is 0 Å². The molecule has 0 spiro atoms. The molecule has 10 heteroatoms. The van der Waals surface area contributed by atoms with Gasteiger partial charge in [0, 0.05) is 18.2 Å². The fraction of sp³-hybridized carbons (Fsp3) is 0.194. The SMILES string of the molecule is CCOc1ccc(-c2cncc(C(=O)NCC(c3cc(OC)cc(OC)c3)N3C(=O)c4ccccc4C3=O)n2)cc1. The predicted molar refractivity (Wildman–Crippen MR) is 150 cm³/mol. The lowest BCUT2D eigenvalue weighted by molar-refractivity contribution is 0.0572. The molecule has 3 amide bonds. The maximum atomic E-state index is 13.4. The summed E-state index contributed by atoms with van der Waals surface area (Å²) >= 11 is 0. The van der Waals surface area contributed by atoms with Crippen molar-refractivity contribution < 1.29 is 28.6 Å². The molecule has 1 aliphatic heterocycles. The van der Waals surface area contributed by atoms with Crippen LogP contribution in [0.3, 0.4) is 0 Å². The van der Waals surface area contributed by atoms with Gasteiger partial charge in [-0.3, -0.25) is 24.3 Å². The lowest BCUT2D eigenvalue weighted by atomic mass is 10.0. The molecule has 1 unspecified atom stereocenters. The number of imide groups is 1. The topological polar surface area (TPSA) is 120 Å². The molecule has 3 aromatic carbocycles. The molecule has 0 aliphatic carbocycles. The molecule has 208 valence electrons. The predicted octanol–water partition coefficient (Wildman–Crippen LogP) is 4.33. The van der Waals surface area contributed by atoms with Gasteiger partial charge in [0.1, 0.15) is 22.9 Å². The number of amides is 3. The minimum atomic E-state index is -0.863. The second-order valence-corrected chi connectivity index (χ2v) is 9.14. The first-order valence-electron chi connectivity index (χ1n) is 13.0. The zero-order chi connectivity index (χ0) is 28.9. The van der Waals surface area contributed by atoms with E-state index in [1.165, 1.54) is 20.4 Å². The summed E-state index contributed by atoms with van der Waals surface area (Å²) < 4.78 is 16.3. The van der Waals surface area contributed by atoms with Crippen molar-refractivity contribution in [2.24, 2.45) is 0 Å². The molecule has 4 aromatic rings. The molecule has 0 saturated heterocycles. The fourth-order valence-electron chi connectivity index (χ4n) is 4.65. The summed E-state index contributed by atoms with van der Waals surface area (Å²) in [6, 6.07) is 18.2. The summed E-state index contributed by atoms with van der Waals surface area (Å²) in [5.41, 5.74) is 2.51. The van der Waals surface area contributed by atoms with Crippen molar-refractivity contribution in [3.63, 3.8) is 0 Å². The quantitative estimate of drug-likeness (QED) is 0.289. The summed E-state index contributed by atoms with van der Waals surface area (Å²) in [5.74, 6) is 0.253. The third kappa shape index (κ3) is 5.58. The molecule has 1 atom stereocenters. The Morgan fingerprint density at radius 3 is 2.10 bits per heavy atom. The van der Waals surface area contributed by atoms with Crippen molar-refractivity contribution in [1.29, 1.82) is 0 Å². The summed E-state index contributed by atoms with van der Waals surface area (Å²) in [5, 5.41) is 2.83. The Kier molecular flexibility index (Phi) is 7.91. The molecule has 5 rings (SSSR count). The zero-order valence-electron chi connectivity index (χ0n) is 22.8. The Morgan fingerprint density at radius 1 is 0.878 bits per heavy atom. The van der Waals surface area contributed by atoms with Crippen LogP contribution in [0.15, 0.2) is 79.1 Å². The van der Waals surface area contributed by atoms with Crippen LogP contribution in [0.4, 0.5) is 0 Å². The average molecular weight is 553 g/mol. The van der Waals surface area contributed by atoms with Gasteiger partial charge in [0.2, 0.25) is 0 Å². The Hall–Kier alpha value is -5.25. The van der Waals surface area contributed by atoms with Crippen LogP contribution < -0.4 is 19.5 Å². The van der Waals surface area contributed by atoms with Gasteiger partial charge < -0.3 is 19.5 Å². The minimum Gasteiger partial charge on any atom is -0.497 e. The number of fused-ring (bicyclic) bond motifs is 1. The lowest BCUT2D eigenvalue weighted by Crippen LogP contribution is -2.41. The summed E-state index contributed by atoms with van der Waals surface area (Å²) in [7, 11) is 3.01. The first kappa shape index (κ1) is 27.3. The average Bonchev–Trinajstić information content (AvgIpc) is 3.27. The number of ether oxygens (including phenoxy) is 3. The van der Waals surface area contributed by atoms with Gasteiger partial charge in [0.05, 0.1) is 56.1 Å². The Balaban J connectivity index is 1.43. The van der Waals surface area contributed by atoms with E-state index in [0.29, 0.717) is 40.5 Å². The Labute approximate surface area is 236 Å². The van der Waals surface area contributed by atoms with Crippen molar-refractivity contribution in [2.45, 2.75) is 13.0 Å². The number of carbonyl (C=O) groups is 3. The van der Waals surface area contributed by atoms with E-state index in [0.717, 1.165) is 16.2 Å². The molecular formula is C31H28N4O6. The van der Waals surface area contributed by atoms with Gasteiger partial charge in [-0.2, -0.15) is 0 Å².